The molecule has 1 aromatic rings. The molecule has 3 heteroatoms. The normalized spacial score (nSPS) is 22.4. The minimum Gasteiger partial charge on any atom is -0.355 e. The monoisotopic (exact) mass is 260 g/mol. The molecule has 2 unspecified atom stereocenters. The zero-order valence-electron chi connectivity index (χ0n) is 11.7. The van der Waals surface area contributed by atoms with Crippen molar-refractivity contribution in [2.75, 3.05) is 13.1 Å². The maximum atomic E-state index is 10.8. The quantitative estimate of drug-likeness (QED) is 0.769. The highest BCUT2D eigenvalue weighted by molar-refractivity contribution is 5.72. The molecule has 1 aliphatic rings. The van der Waals surface area contributed by atoms with Gasteiger partial charge in [-0.2, -0.15) is 0 Å². The molecule has 1 fully saturated rings. The average Bonchev–Trinajstić information content (AvgIpc) is 2.83. The van der Waals surface area contributed by atoms with Crippen LogP contribution in [0.4, 0.5) is 0 Å². The SMILES string of the molecule is CC(=O)NCCNC1CCCC1Cc1ccccc1. The number of rotatable bonds is 6. The smallest absolute Gasteiger partial charge is 0.216 e. The maximum absolute atomic E-state index is 10.8. The first-order chi connectivity index (χ1) is 9.25. The fourth-order valence-corrected chi connectivity index (χ4v) is 2.96. The van der Waals surface area contributed by atoms with Crippen molar-refractivity contribution in [3.63, 3.8) is 0 Å². The number of hydrogen-bond donors (Lipinski definition) is 2. The van der Waals surface area contributed by atoms with Crippen LogP contribution in [0.2, 0.25) is 0 Å². The van der Waals surface area contributed by atoms with E-state index in [1.54, 1.807) is 6.92 Å². The van der Waals surface area contributed by atoms with E-state index in [4.69, 9.17) is 0 Å². The van der Waals surface area contributed by atoms with Crippen molar-refractivity contribution in [1.82, 2.24) is 10.6 Å². The van der Waals surface area contributed by atoms with Gasteiger partial charge in [0.1, 0.15) is 0 Å². The van der Waals surface area contributed by atoms with E-state index in [0.717, 1.165) is 19.0 Å². The van der Waals surface area contributed by atoms with Gasteiger partial charge in [-0.25, -0.2) is 0 Å². The first kappa shape index (κ1) is 14.1. The highest BCUT2D eigenvalue weighted by atomic mass is 16.1. The summed E-state index contributed by atoms with van der Waals surface area (Å²) in [7, 11) is 0. The van der Waals surface area contributed by atoms with Crippen molar-refractivity contribution in [2.24, 2.45) is 5.92 Å². The van der Waals surface area contributed by atoms with Gasteiger partial charge >= 0.3 is 0 Å². The lowest BCUT2D eigenvalue weighted by Crippen LogP contribution is -2.38. The summed E-state index contributed by atoms with van der Waals surface area (Å²) in [5, 5.41) is 6.43. The van der Waals surface area contributed by atoms with E-state index >= 15 is 0 Å². The molecule has 1 aliphatic carbocycles. The lowest BCUT2D eigenvalue weighted by Gasteiger charge is -2.21. The molecule has 1 amide bonds. The van der Waals surface area contributed by atoms with Crippen molar-refractivity contribution in [3.05, 3.63) is 35.9 Å². The van der Waals surface area contributed by atoms with Gasteiger partial charge < -0.3 is 10.6 Å². The van der Waals surface area contributed by atoms with E-state index in [2.05, 4.69) is 41.0 Å². The maximum Gasteiger partial charge on any atom is 0.216 e. The van der Waals surface area contributed by atoms with Crippen molar-refractivity contribution in [1.29, 1.82) is 0 Å². The Bertz CT molecular complexity index is 391. The molecule has 0 saturated heterocycles. The van der Waals surface area contributed by atoms with Gasteiger partial charge in [-0.15, -0.1) is 0 Å². The summed E-state index contributed by atoms with van der Waals surface area (Å²) in [6.07, 6.45) is 5.05. The van der Waals surface area contributed by atoms with Gasteiger partial charge in [-0.1, -0.05) is 36.8 Å². The minimum absolute atomic E-state index is 0.0501. The number of amides is 1. The molecule has 0 spiro atoms. The molecule has 1 saturated carbocycles. The van der Waals surface area contributed by atoms with Gasteiger partial charge in [0.15, 0.2) is 0 Å². The molecule has 1 aromatic carbocycles. The van der Waals surface area contributed by atoms with Crippen molar-refractivity contribution in [2.45, 2.75) is 38.6 Å². The lowest BCUT2D eigenvalue weighted by atomic mass is 9.94. The summed E-state index contributed by atoms with van der Waals surface area (Å²) in [5.41, 5.74) is 1.43. The Kier molecular flexibility index (Phi) is 5.40. The van der Waals surface area contributed by atoms with Crippen molar-refractivity contribution >= 4 is 5.91 Å². The van der Waals surface area contributed by atoms with Crippen LogP contribution in [-0.4, -0.2) is 25.0 Å². The zero-order chi connectivity index (χ0) is 13.5. The van der Waals surface area contributed by atoms with Crippen LogP contribution in [0.3, 0.4) is 0 Å². The molecule has 0 radical (unpaired) electrons. The predicted octanol–water partition coefficient (Wildman–Crippen LogP) is 2.12. The van der Waals surface area contributed by atoms with Gasteiger partial charge in [0.25, 0.3) is 0 Å². The highest BCUT2D eigenvalue weighted by Crippen LogP contribution is 2.28. The van der Waals surface area contributed by atoms with E-state index in [1.165, 1.54) is 31.2 Å². The van der Waals surface area contributed by atoms with Crippen LogP contribution in [0.5, 0.6) is 0 Å². The third-order valence-electron chi connectivity index (χ3n) is 3.91. The molecule has 2 rings (SSSR count). The second-order valence-electron chi connectivity index (χ2n) is 5.42. The molecule has 0 aromatic heterocycles. The molecule has 0 bridgehead atoms. The summed E-state index contributed by atoms with van der Waals surface area (Å²) in [6, 6.07) is 11.3. The molecular formula is C16H24N2O. The first-order valence-corrected chi connectivity index (χ1v) is 7.27. The van der Waals surface area contributed by atoms with Gasteiger partial charge in [-0.05, 0) is 30.7 Å². The number of benzene rings is 1. The van der Waals surface area contributed by atoms with Crippen LogP contribution in [0.25, 0.3) is 0 Å². The minimum atomic E-state index is 0.0501. The zero-order valence-corrected chi connectivity index (χ0v) is 11.7. The van der Waals surface area contributed by atoms with Crippen LogP contribution < -0.4 is 10.6 Å². The summed E-state index contributed by atoms with van der Waals surface area (Å²) < 4.78 is 0. The Labute approximate surface area is 115 Å². The molecule has 104 valence electrons. The molecule has 2 atom stereocenters. The fourth-order valence-electron chi connectivity index (χ4n) is 2.96. The van der Waals surface area contributed by atoms with Crippen LogP contribution in [-0.2, 0) is 11.2 Å². The van der Waals surface area contributed by atoms with E-state index in [1.807, 2.05) is 0 Å². The Morgan fingerprint density at radius 1 is 1.21 bits per heavy atom. The van der Waals surface area contributed by atoms with Crippen molar-refractivity contribution < 1.29 is 4.79 Å². The van der Waals surface area contributed by atoms with Crippen molar-refractivity contribution in [3.8, 4) is 0 Å². The second-order valence-corrected chi connectivity index (χ2v) is 5.42. The highest BCUT2D eigenvalue weighted by Gasteiger charge is 2.26. The Morgan fingerprint density at radius 2 is 2.00 bits per heavy atom. The number of hydrogen-bond acceptors (Lipinski definition) is 2. The Hall–Kier alpha value is -1.35. The lowest BCUT2D eigenvalue weighted by molar-refractivity contribution is -0.118. The number of carbonyl (C=O) groups is 1. The third kappa shape index (κ3) is 4.67. The van der Waals surface area contributed by atoms with Crippen LogP contribution in [0, 0.1) is 5.92 Å². The molecular weight excluding hydrogens is 236 g/mol. The Morgan fingerprint density at radius 3 is 2.74 bits per heavy atom. The average molecular weight is 260 g/mol. The van der Waals surface area contributed by atoms with Crippen LogP contribution in [0.15, 0.2) is 30.3 Å². The summed E-state index contributed by atoms with van der Waals surface area (Å²) >= 11 is 0. The molecule has 2 N–H and O–H groups in total. The first-order valence-electron chi connectivity index (χ1n) is 7.27. The predicted molar refractivity (Wildman–Crippen MR) is 78.0 cm³/mol. The van der Waals surface area contributed by atoms with Gasteiger partial charge in [0.05, 0.1) is 0 Å². The topological polar surface area (TPSA) is 41.1 Å². The summed E-state index contributed by atoms with van der Waals surface area (Å²) in [4.78, 5) is 10.8. The summed E-state index contributed by atoms with van der Waals surface area (Å²) in [6.45, 7) is 3.16. The van der Waals surface area contributed by atoms with E-state index in [0.29, 0.717) is 6.04 Å². The van der Waals surface area contributed by atoms with Crippen LogP contribution >= 0.6 is 0 Å². The Balaban J connectivity index is 1.75. The number of nitrogens with one attached hydrogen (secondary N) is 2. The molecule has 0 heterocycles. The molecule has 19 heavy (non-hydrogen) atoms. The standard InChI is InChI=1S/C16H24N2O/c1-13(19)17-10-11-18-16-9-5-8-15(16)12-14-6-3-2-4-7-14/h2-4,6-7,15-16,18H,5,8-12H2,1H3,(H,17,19). The van der Waals surface area contributed by atoms with E-state index in [9.17, 15) is 4.79 Å². The largest absolute Gasteiger partial charge is 0.355 e. The van der Waals surface area contributed by atoms with Gasteiger partial charge in [0, 0.05) is 26.1 Å². The fraction of sp³-hybridized carbons (Fsp3) is 0.562. The van der Waals surface area contributed by atoms with Crippen LogP contribution in [0.1, 0.15) is 31.7 Å². The van der Waals surface area contributed by atoms with Gasteiger partial charge in [0.2, 0.25) is 5.91 Å². The summed E-state index contributed by atoms with van der Waals surface area (Å²) in [5.74, 6) is 0.786. The molecule has 0 aliphatic heterocycles. The second kappa shape index (κ2) is 7.29. The van der Waals surface area contributed by atoms with E-state index in [-0.39, 0.29) is 5.91 Å². The third-order valence-corrected chi connectivity index (χ3v) is 3.91. The van der Waals surface area contributed by atoms with E-state index < -0.39 is 0 Å². The van der Waals surface area contributed by atoms with Gasteiger partial charge in [-0.3, -0.25) is 4.79 Å². The number of carbonyl (C=O) groups excluding carboxylic acids is 1. The molecule has 3 nitrogen and oxygen atoms in total.